The third-order valence-corrected chi connectivity index (χ3v) is 4.81. The van der Waals surface area contributed by atoms with Gasteiger partial charge in [0, 0.05) is 12.1 Å². The van der Waals surface area contributed by atoms with Crippen LogP contribution in [0.4, 0.5) is 5.69 Å². The van der Waals surface area contributed by atoms with E-state index in [1.165, 1.54) is 0 Å². The number of nitrogens with zero attached hydrogens (tertiary/aromatic N) is 1. The Labute approximate surface area is 141 Å². The SMILES string of the molecule is O=C(CC1(C(=O)O)CCC1)N(Cc1ccccc1)c1ccccc1. The standard InChI is InChI=1S/C20H21NO3/c22-18(14-20(19(23)24)12-7-13-20)21(17-10-5-2-6-11-17)15-16-8-3-1-4-9-16/h1-6,8-11H,7,12-15H2,(H,23,24). The van der Waals surface area contributed by atoms with Crippen LogP contribution >= 0.6 is 0 Å². The lowest BCUT2D eigenvalue weighted by Gasteiger charge is -2.38. The predicted octanol–water partition coefficient (Wildman–Crippen LogP) is 3.86. The second kappa shape index (κ2) is 6.87. The Morgan fingerprint density at radius 3 is 2.04 bits per heavy atom. The second-order valence-electron chi connectivity index (χ2n) is 6.42. The van der Waals surface area contributed by atoms with Gasteiger partial charge in [-0.25, -0.2) is 0 Å². The summed E-state index contributed by atoms with van der Waals surface area (Å²) in [5, 5.41) is 9.50. The Morgan fingerprint density at radius 1 is 0.958 bits per heavy atom. The summed E-state index contributed by atoms with van der Waals surface area (Å²) in [6.45, 7) is 0.444. The maximum Gasteiger partial charge on any atom is 0.310 e. The summed E-state index contributed by atoms with van der Waals surface area (Å²) in [6, 6.07) is 19.2. The molecule has 3 rings (SSSR count). The van der Waals surface area contributed by atoms with Crippen LogP contribution in [0.2, 0.25) is 0 Å². The summed E-state index contributed by atoms with van der Waals surface area (Å²) in [5.41, 5.74) is 0.944. The number of para-hydroxylation sites is 1. The smallest absolute Gasteiger partial charge is 0.310 e. The number of carbonyl (C=O) groups excluding carboxylic acids is 1. The molecule has 2 aromatic rings. The number of hydrogen-bond donors (Lipinski definition) is 1. The highest BCUT2D eigenvalue weighted by molar-refractivity contribution is 5.96. The molecule has 1 amide bonds. The first-order chi connectivity index (χ1) is 11.6. The molecule has 0 saturated heterocycles. The van der Waals surface area contributed by atoms with Gasteiger partial charge in [-0.3, -0.25) is 9.59 Å². The van der Waals surface area contributed by atoms with Gasteiger partial charge in [0.25, 0.3) is 0 Å². The van der Waals surface area contributed by atoms with Crippen molar-refractivity contribution in [2.45, 2.75) is 32.2 Å². The minimum absolute atomic E-state index is 0.0596. The summed E-state index contributed by atoms with van der Waals surface area (Å²) in [7, 11) is 0. The van der Waals surface area contributed by atoms with Crippen molar-refractivity contribution in [3.05, 3.63) is 66.2 Å². The molecule has 124 valence electrons. The van der Waals surface area contributed by atoms with Crippen LogP contribution in [0.25, 0.3) is 0 Å². The number of rotatable bonds is 6. The molecule has 2 aromatic carbocycles. The molecule has 4 nitrogen and oxygen atoms in total. The molecule has 0 bridgehead atoms. The van der Waals surface area contributed by atoms with Gasteiger partial charge in [-0.05, 0) is 30.5 Å². The van der Waals surface area contributed by atoms with Gasteiger partial charge in [0.2, 0.25) is 5.91 Å². The van der Waals surface area contributed by atoms with E-state index < -0.39 is 11.4 Å². The van der Waals surface area contributed by atoms with E-state index >= 15 is 0 Å². The molecule has 0 radical (unpaired) electrons. The Bertz CT molecular complexity index is 708. The first-order valence-corrected chi connectivity index (χ1v) is 8.23. The maximum atomic E-state index is 12.9. The molecule has 0 unspecified atom stereocenters. The molecular formula is C20H21NO3. The molecule has 0 aromatic heterocycles. The summed E-state index contributed by atoms with van der Waals surface area (Å²) in [4.78, 5) is 26.2. The lowest BCUT2D eigenvalue weighted by molar-refractivity contribution is -0.157. The molecule has 1 aliphatic rings. The number of benzene rings is 2. The molecule has 24 heavy (non-hydrogen) atoms. The number of amides is 1. The summed E-state index contributed by atoms with van der Waals surface area (Å²) in [6.07, 6.45) is 2.11. The van der Waals surface area contributed by atoms with E-state index in [1.54, 1.807) is 4.90 Å². The average molecular weight is 323 g/mol. The number of anilines is 1. The van der Waals surface area contributed by atoms with Gasteiger partial charge in [-0.15, -0.1) is 0 Å². The predicted molar refractivity (Wildman–Crippen MR) is 92.6 cm³/mol. The van der Waals surface area contributed by atoms with Gasteiger partial charge in [-0.2, -0.15) is 0 Å². The fourth-order valence-electron chi connectivity index (χ4n) is 3.15. The molecule has 1 aliphatic carbocycles. The van der Waals surface area contributed by atoms with Gasteiger partial charge in [0.15, 0.2) is 0 Å². The van der Waals surface area contributed by atoms with Crippen molar-refractivity contribution in [2.24, 2.45) is 5.41 Å². The summed E-state index contributed by atoms with van der Waals surface area (Å²) in [5.74, 6) is -0.984. The molecular weight excluding hydrogens is 302 g/mol. The quantitative estimate of drug-likeness (QED) is 0.878. The van der Waals surface area contributed by atoms with E-state index in [1.807, 2.05) is 60.7 Å². The summed E-state index contributed by atoms with van der Waals surface area (Å²) < 4.78 is 0. The lowest BCUT2D eigenvalue weighted by atomic mass is 9.66. The van der Waals surface area contributed by atoms with Gasteiger partial charge < -0.3 is 10.0 Å². The summed E-state index contributed by atoms with van der Waals surface area (Å²) >= 11 is 0. The Morgan fingerprint density at radius 2 is 1.54 bits per heavy atom. The van der Waals surface area contributed by atoms with E-state index in [-0.39, 0.29) is 12.3 Å². The topological polar surface area (TPSA) is 57.6 Å². The van der Waals surface area contributed by atoms with Crippen molar-refractivity contribution in [1.82, 2.24) is 0 Å². The van der Waals surface area contributed by atoms with Crippen molar-refractivity contribution < 1.29 is 14.7 Å². The number of carbonyl (C=O) groups is 2. The zero-order valence-electron chi connectivity index (χ0n) is 13.5. The normalized spacial score (nSPS) is 15.3. The maximum absolute atomic E-state index is 12.9. The number of hydrogen-bond acceptors (Lipinski definition) is 2. The van der Waals surface area contributed by atoms with Crippen molar-refractivity contribution in [2.75, 3.05) is 4.90 Å². The van der Waals surface area contributed by atoms with Crippen LogP contribution in [0.1, 0.15) is 31.2 Å². The minimum Gasteiger partial charge on any atom is -0.481 e. The first kappa shape index (κ1) is 16.2. The minimum atomic E-state index is -0.874. The highest BCUT2D eigenvalue weighted by Crippen LogP contribution is 2.44. The van der Waals surface area contributed by atoms with Crippen molar-refractivity contribution in [3.63, 3.8) is 0 Å². The monoisotopic (exact) mass is 323 g/mol. The molecule has 1 saturated carbocycles. The van der Waals surface area contributed by atoms with Crippen LogP contribution in [-0.4, -0.2) is 17.0 Å². The van der Waals surface area contributed by atoms with Crippen LogP contribution in [0.15, 0.2) is 60.7 Å². The van der Waals surface area contributed by atoms with Crippen LogP contribution < -0.4 is 4.90 Å². The van der Waals surface area contributed by atoms with E-state index in [0.717, 1.165) is 17.7 Å². The third kappa shape index (κ3) is 3.32. The van der Waals surface area contributed by atoms with E-state index in [4.69, 9.17) is 0 Å². The number of aliphatic carboxylic acids is 1. The van der Waals surface area contributed by atoms with Crippen LogP contribution in [-0.2, 0) is 16.1 Å². The van der Waals surface area contributed by atoms with Gasteiger partial charge in [0.05, 0.1) is 12.0 Å². The molecule has 0 spiro atoms. The van der Waals surface area contributed by atoms with Gasteiger partial charge in [0.1, 0.15) is 0 Å². The van der Waals surface area contributed by atoms with E-state index in [2.05, 4.69) is 0 Å². The molecule has 4 heteroatoms. The largest absolute Gasteiger partial charge is 0.481 e. The van der Waals surface area contributed by atoms with Gasteiger partial charge >= 0.3 is 5.97 Å². The van der Waals surface area contributed by atoms with Crippen LogP contribution in [0.5, 0.6) is 0 Å². The highest BCUT2D eigenvalue weighted by Gasteiger charge is 2.46. The number of carboxylic acid groups (broad SMARTS) is 1. The van der Waals surface area contributed by atoms with Crippen molar-refractivity contribution in [3.8, 4) is 0 Å². The Kier molecular flexibility index (Phi) is 4.65. The first-order valence-electron chi connectivity index (χ1n) is 8.23. The molecule has 1 fully saturated rings. The Balaban J connectivity index is 1.84. The Hall–Kier alpha value is -2.62. The average Bonchev–Trinajstić information content (AvgIpc) is 2.57. The fraction of sp³-hybridized carbons (Fsp3) is 0.300. The lowest BCUT2D eigenvalue weighted by Crippen LogP contribution is -2.43. The van der Waals surface area contributed by atoms with Crippen molar-refractivity contribution in [1.29, 1.82) is 0 Å². The van der Waals surface area contributed by atoms with Crippen LogP contribution in [0.3, 0.4) is 0 Å². The zero-order chi connectivity index (χ0) is 17.0. The highest BCUT2D eigenvalue weighted by atomic mass is 16.4. The second-order valence-corrected chi connectivity index (χ2v) is 6.42. The van der Waals surface area contributed by atoms with Crippen molar-refractivity contribution >= 4 is 17.6 Å². The fourth-order valence-corrected chi connectivity index (χ4v) is 3.15. The van der Waals surface area contributed by atoms with Crippen LogP contribution in [0, 0.1) is 5.41 Å². The molecule has 1 N–H and O–H groups in total. The van der Waals surface area contributed by atoms with Gasteiger partial charge in [-0.1, -0.05) is 55.0 Å². The third-order valence-electron chi connectivity index (χ3n) is 4.81. The van der Waals surface area contributed by atoms with E-state index in [0.29, 0.717) is 19.4 Å². The molecule has 0 atom stereocenters. The van der Waals surface area contributed by atoms with E-state index in [9.17, 15) is 14.7 Å². The molecule has 0 heterocycles. The number of carboxylic acids is 1. The molecule has 0 aliphatic heterocycles. The zero-order valence-corrected chi connectivity index (χ0v) is 13.5.